The molecule has 1 aliphatic rings. The zero-order valence-corrected chi connectivity index (χ0v) is 14.9. The standard InChI is InChI=1S/C20H18N2O3S/c23-19(21-25)15-7-8-16-12-22(9-3-5-13(16)10-15)20(24)18-11-14-4-1-2-6-17(14)26-18/h1-2,4,6-8,10-11,25H,3,5,9,12H2,(H,21,23). The molecule has 132 valence electrons. The molecule has 3 aromatic rings. The van der Waals surface area contributed by atoms with E-state index in [-0.39, 0.29) is 5.91 Å². The van der Waals surface area contributed by atoms with Gasteiger partial charge in [0, 0.05) is 23.4 Å². The second-order valence-electron chi connectivity index (χ2n) is 6.40. The predicted octanol–water partition coefficient (Wildman–Crippen LogP) is 3.61. The van der Waals surface area contributed by atoms with Crippen LogP contribution in [-0.2, 0) is 13.0 Å². The third-order valence-electron chi connectivity index (χ3n) is 4.73. The quantitative estimate of drug-likeness (QED) is 0.538. The van der Waals surface area contributed by atoms with Gasteiger partial charge < -0.3 is 4.90 Å². The normalized spacial score (nSPS) is 14.0. The Kier molecular flexibility index (Phi) is 4.44. The van der Waals surface area contributed by atoms with Crippen molar-refractivity contribution in [3.8, 4) is 0 Å². The van der Waals surface area contributed by atoms with Gasteiger partial charge in [0.2, 0.25) is 0 Å². The highest BCUT2D eigenvalue weighted by Gasteiger charge is 2.22. The predicted molar refractivity (Wildman–Crippen MR) is 101 cm³/mol. The number of hydrogen-bond donors (Lipinski definition) is 2. The maximum atomic E-state index is 13.0. The Morgan fingerprint density at radius 3 is 2.73 bits per heavy atom. The van der Waals surface area contributed by atoms with Gasteiger partial charge in [0.05, 0.1) is 4.88 Å². The third-order valence-corrected chi connectivity index (χ3v) is 5.83. The molecule has 0 fully saturated rings. The fraction of sp³-hybridized carbons (Fsp3) is 0.200. The highest BCUT2D eigenvalue weighted by Crippen LogP contribution is 2.28. The van der Waals surface area contributed by atoms with Crippen molar-refractivity contribution in [2.75, 3.05) is 6.54 Å². The summed E-state index contributed by atoms with van der Waals surface area (Å²) >= 11 is 1.52. The minimum absolute atomic E-state index is 0.0521. The van der Waals surface area contributed by atoms with Gasteiger partial charge in [-0.05, 0) is 53.6 Å². The molecule has 26 heavy (non-hydrogen) atoms. The van der Waals surface area contributed by atoms with Crippen LogP contribution in [0.25, 0.3) is 10.1 Å². The van der Waals surface area contributed by atoms with E-state index < -0.39 is 5.91 Å². The number of hydrogen-bond acceptors (Lipinski definition) is 4. The van der Waals surface area contributed by atoms with E-state index in [1.807, 2.05) is 41.3 Å². The van der Waals surface area contributed by atoms with E-state index in [9.17, 15) is 9.59 Å². The van der Waals surface area contributed by atoms with E-state index in [2.05, 4.69) is 0 Å². The van der Waals surface area contributed by atoms with Crippen molar-refractivity contribution in [3.05, 3.63) is 70.1 Å². The lowest BCUT2D eigenvalue weighted by Crippen LogP contribution is -2.30. The van der Waals surface area contributed by atoms with Crippen LogP contribution in [0.15, 0.2) is 48.5 Å². The van der Waals surface area contributed by atoms with Gasteiger partial charge in [-0.1, -0.05) is 24.3 Å². The number of rotatable bonds is 2. The lowest BCUT2D eigenvalue weighted by molar-refractivity contribution is 0.0705. The number of nitrogens with one attached hydrogen (secondary N) is 1. The second-order valence-corrected chi connectivity index (χ2v) is 7.49. The average molecular weight is 366 g/mol. The number of aryl methyl sites for hydroxylation is 1. The highest BCUT2D eigenvalue weighted by molar-refractivity contribution is 7.20. The lowest BCUT2D eigenvalue weighted by atomic mass is 10.0. The van der Waals surface area contributed by atoms with Gasteiger partial charge in [-0.3, -0.25) is 14.8 Å². The molecule has 1 aromatic heterocycles. The molecule has 6 heteroatoms. The average Bonchev–Trinajstić information content (AvgIpc) is 2.99. The Balaban J connectivity index is 1.60. The number of fused-ring (bicyclic) bond motifs is 2. The molecule has 0 bridgehead atoms. The van der Waals surface area contributed by atoms with Gasteiger partial charge in [0.25, 0.3) is 11.8 Å². The van der Waals surface area contributed by atoms with Crippen LogP contribution in [0.3, 0.4) is 0 Å². The maximum absolute atomic E-state index is 13.0. The molecule has 4 rings (SSSR count). The Bertz CT molecular complexity index is 963. The highest BCUT2D eigenvalue weighted by atomic mass is 32.1. The third kappa shape index (κ3) is 3.09. The van der Waals surface area contributed by atoms with Crippen LogP contribution in [0, 0.1) is 0 Å². The van der Waals surface area contributed by atoms with Crippen LogP contribution in [0.4, 0.5) is 0 Å². The van der Waals surface area contributed by atoms with Crippen LogP contribution >= 0.6 is 11.3 Å². The summed E-state index contributed by atoms with van der Waals surface area (Å²) in [5.41, 5.74) is 4.19. The number of hydroxylamine groups is 1. The number of nitrogens with zero attached hydrogens (tertiary/aromatic N) is 1. The van der Waals surface area contributed by atoms with Gasteiger partial charge in [-0.2, -0.15) is 0 Å². The summed E-state index contributed by atoms with van der Waals surface area (Å²) in [5.74, 6) is -0.466. The smallest absolute Gasteiger partial charge is 0.274 e. The summed E-state index contributed by atoms with van der Waals surface area (Å²) in [6.45, 7) is 1.22. The van der Waals surface area contributed by atoms with Gasteiger partial charge in [-0.15, -0.1) is 11.3 Å². The zero-order chi connectivity index (χ0) is 18.1. The summed E-state index contributed by atoms with van der Waals surface area (Å²) < 4.78 is 1.12. The van der Waals surface area contributed by atoms with Crippen molar-refractivity contribution in [1.29, 1.82) is 0 Å². The number of amides is 2. The summed E-state index contributed by atoms with van der Waals surface area (Å²) in [6.07, 6.45) is 1.64. The molecule has 0 saturated carbocycles. The summed E-state index contributed by atoms with van der Waals surface area (Å²) in [7, 11) is 0. The van der Waals surface area contributed by atoms with Crippen molar-refractivity contribution in [1.82, 2.24) is 10.4 Å². The SMILES string of the molecule is O=C(NO)c1ccc2c(c1)CCCN(C(=O)c1cc3ccccc3s1)C2. The summed E-state index contributed by atoms with van der Waals surface area (Å²) in [6, 6.07) is 15.3. The Morgan fingerprint density at radius 2 is 1.92 bits per heavy atom. The summed E-state index contributed by atoms with van der Waals surface area (Å²) in [4.78, 5) is 27.2. The first-order valence-corrected chi connectivity index (χ1v) is 9.31. The number of carbonyl (C=O) groups excluding carboxylic acids is 2. The Morgan fingerprint density at radius 1 is 1.08 bits per heavy atom. The lowest BCUT2D eigenvalue weighted by Gasteiger charge is -2.20. The van der Waals surface area contributed by atoms with E-state index in [1.165, 1.54) is 11.3 Å². The largest absolute Gasteiger partial charge is 0.334 e. The molecular formula is C20H18N2O3S. The molecule has 5 nitrogen and oxygen atoms in total. The molecular weight excluding hydrogens is 348 g/mol. The van der Waals surface area contributed by atoms with Crippen LogP contribution in [-0.4, -0.2) is 28.5 Å². The van der Waals surface area contributed by atoms with E-state index in [0.717, 1.165) is 38.9 Å². The fourth-order valence-corrected chi connectivity index (χ4v) is 4.41. The molecule has 1 aliphatic heterocycles. The van der Waals surface area contributed by atoms with Crippen LogP contribution in [0.1, 0.15) is 37.6 Å². The molecule has 2 heterocycles. The Labute approximate surface area is 154 Å². The van der Waals surface area contributed by atoms with Gasteiger partial charge in [0.1, 0.15) is 0 Å². The molecule has 2 aromatic carbocycles. The van der Waals surface area contributed by atoms with Crippen LogP contribution in [0.2, 0.25) is 0 Å². The summed E-state index contributed by atoms with van der Waals surface area (Å²) in [5, 5.41) is 9.89. The van der Waals surface area contributed by atoms with Crippen LogP contribution in [0.5, 0.6) is 0 Å². The first kappa shape index (κ1) is 16.8. The minimum atomic E-state index is -0.518. The second kappa shape index (κ2) is 6.90. The van der Waals surface area contributed by atoms with Gasteiger partial charge >= 0.3 is 0 Å². The molecule has 0 spiro atoms. The van der Waals surface area contributed by atoms with E-state index in [4.69, 9.17) is 5.21 Å². The Hall–Kier alpha value is -2.70. The topological polar surface area (TPSA) is 69.6 Å². The molecule has 0 radical (unpaired) electrons. The van der Waals surface area contributed by atoms with Gasteiger partial charge in [0.15, 0.2) is 0 Å². The fourth-order valence-electron chi connectivity index (χ4n) is 3.38. The van der Waals surface area contributed by atoms with Crippen molar-refractivity contribution in [2.24, 2.45) is 0 Å². The molecule has 2 amide bonds. The van der Waals surface area contributed by atoms with Gasteiger partial charge in [-0.25, -0.2) is 5.48 Å². The van der Waals surface area contributed by atoms with Crippen LogP contribution < -0.4 is 5.48 Å². The molecule has 0 aliphatic carbocycles. The van der Waals surface area contributed by atoms with E-state index in [1.54, 1.807) is 17.6 Å². The van der Waals surface area contributed by atoms with Crippen molar-refractivity contribution in [2.45, 2.75) is 19.4 Å². The molecule has 0 unspecified atom stereocenters. The monoisotopic (exact) mass is 366 g/mol. The van der Waals surface area contributed by atoms with E-state index >= 15 is 0 Å². The van der Waals surface area contributed by atoms with E-state index in [0.29, 0.717) is 18.7 Å². The van der Waals surface area contributed by atoms with Crippen molar-refractivity contribution >= 4 is 33.2 Å². The van der Waals surface area contributed by atoms with Crippen molar-refractivity contribution in [3.63, 3.8) is 0 Å². The number of benzene rings is 2. The number of carbonyl (C=O) groups is 2. The first-order chi connectivity index (χ1) is 12.7. The molecule has 0 saturated heterocycles. The van der Waals surface area contributed by atoms with Crippen molar-refractivity contribution < 1.29 is 14.8 Å². The number of thiophene rings is 1. The molecule has 0 atom stereocenters. The first-order valence-electron chi connectivity index (χ1n) is 8.50. The minimum Gasteiger partial charge on any atom is -0.334 e. The zero-order valence-electron chi connectivity index (χ0n) is 14.1. The molecule has 2 N–H and O–H groups in total. The maximum Gasteiger partial charge on any atom is 0.274 e.